The van der Waals surface area contributed by atoms with Crippen molar-refractivity contribution < 1.29 is 9.47 Å². The van der Waals surface area contributed by atoms with Crippen molar-refractivity contribution in [2.24, 2.45) is 0 Å². The van der Waals surface area contributed by atoms with Gasteiger partial charge in [0, 0.05) is 17.7 Å². The first-order valence-corrected chi connectivity index (χ1v) is 7.26. The fourth-order valence-electron chi connectivity index (χ4n) is 2.17. The Morgan fingerprint density at radius 3 is 2.33 bits per heavy atom. The number of hydrogen-bond acceptors (Lipinski definition) is 3. The van der Waals surface area contributed by atoms with Crippen molar-refractivity contribution in [2.75, 3.05) is 18.9 Å². The average molecular weight is 285 g/mol. The van der Waals surface area contributed by atoms with E-state index in [0.29, 0.717) is 13.2 Å². The van der Waals surface area contributed by atoms with Crippen LogP contribution in [-0.2, 0) is 0 Å². The van der Waals surface area contributed by atoms with Crippen molar-refractivity contribution >= 4 is 5.69 Å². The maximum absolute atomic E-state index is 5.85. The molecule has 0 aliphatic rings. The second-order valence-electron chi connectivity index (χ2n) is 5.29. The zero-order valence-corrected chi connectivity index (χ0v) is 13.0. The molecule has 2 aromatic carbocycles. The molecular weight excluding hydrogens is 262 g/mol. The topological polar surface area (TPSA) is 44.5 Å². The molecule has 0 saturated heterocycles. The zero-order chi connectivity index (χ0) is 15.2. The Bertz CT molecular complexity index is 608. The van der Waals surface area contributed by atoms with Gasteiger partial charge in [-0.05, 0) is 44.5 Å². The summed E-state index contributed by atoms with van der Waals surface area (Å²) in [6, 6.07) is 11.9. The van der Waals surface area contributed by atoms with Crippen molar-refractivity contribution in [1.29, 1.82) is 0 Å². The van der Waals surface area contributed by atoms with Crippen molar-refractivity contribution in [2.45, 2.75) is 27.2 Å². The lowest BCUT2D eigenvalue weighted by molar-refractivity contribution is 0.246. The summed E-state index contributed by atoms with van der Waals surface area (Å²) in [7, 11) is 0. The Hall–Kier alpha value is -2.16. The van der Waals surface area contributed by atoms with Crippen LogP contribution in [0.25, 0.3) is 0 Å². The highest BCUT2D eigenvalue weighted by Crippen LogP contribution is 2.23. The highest BCUT2D eigenvalue weighted by atomic mass is 16.5. The minimum Gasteiger partial charge on any atom is -0.493 e. The third-order valence-electron chi connectivity index (χ3n) is 3.46. The maximum Gasteiger partial charge on any atom is 0.124 e. The molecule has 0 fully saturated rings. The number of nitrogen functional groups attached to an aromatic ring is 1. The Morgan fingerprint density at radius 1 is 0.905 bits per heavy atom. The number of anilines is 1. The molecule has 0 aliphatic heterocycles. The van der Waals surface area contributed by atoms with E-state index in [1.165, 1.54) is 11.1 Å². The number of ether oxygens (including phenoxy) is 2. The van der Waals surface area contributed by atoms with Gasteiger partial charge in [-0.15, -0.1) is 0 Å². The summed E-state index contributed by atoms with van der Waals surface area (Å²) < 4.78 is 11.5. The highest BCUT2D eigenvalue weighted by Gasteiger charge is 2.03. The first kappa shape index (κ1) is 15.2. The normalized spacial score (nSPS) is 10.4. The SMILES string of the molecule is Cc1ccc(OCCCOc2cccc(N)c2C)c(C)c1. The van der Waals surface area contributed by atoms with Crippen LogP contribution in [0.15, 0.2) is 36.4 Å². The summed E-state index contributed by atoms with van der Waals surface area (Å²) in [4.78, 5) is 0. The number of nitrogens with two attached hydrogens (primary N) is 1. The third-order valence-corrected chi connectivity index (χ3v) is 3.46. The molecule has 21 heavy (non-hydrogen) atoms. The van der Waals surface area contributed by atoms with Gasteiger partial charge in [-0.2, -0.15) is 0 Å². The van der Waals surface area contributed by atoms with Crippen LogP contribution in [0.5, 0.6) is 11.5 Å². The van der Waals surface area contributed by atoms with Gasteiger partial charge in [0.05, 0.1) is 13.2 Å². The molecule has 0 unspecified atom stereocenters. The molecular formula is C18H23NO2. The summed E-state index contributed by atoms with van der Waals surface area (Å²) >= 11 is 0. The Labute approximate surface area is 126 Å². The summed E-state index contributed by atoms with van der Waals surface area (Å²) in [5.41, 5.74) is 10.0. The van der Waals surface area contributed by atoms with Crippen LogP contribution in [0.2, 0.25) is 0 Å². The lowest BCUT2D eigenvalue weighted by Gasteiger charge is -2.12. The number of rotatable bonds is 6. The van der Waals surface area contributed by atoms with E-state index in [1.807, 2.05) is 31.2 Å². The number of hydrogen-bond donors (Lipinski definition) is 1. The predicted molar refractivity (Wildman–Crippen MR) is 87.1 cm³/mol. The van der Waals surface area contributed by atoms with Gasteiger partial charge in [0.1, 0.15) is 11.5 Å². The fourth-order valence-corrected chi connectivity index (χ4v) is 2.17. The van der Waals surface area contributed by atoms with E-state index < -0.39 is 0 Å². The van der Waals surface area contributed by atoms with Crippen molar-refractivity contribution in [1.82, 2.24) is 0 Å². The molecule has 0 heterocycles. The molecule has 3 heteroatoms. The Balaban J connectivity index is 1.76. The third kappa shape index (κ3) is 4.15. The first-order valence-electron chi connectivity index (χ1n) is 7.26. The zero-order valence-electron chi connectivity index (χ0n) is 13.0. The van der Waals surface area contributed by atoms with Gasteiger partial charge in [-0.25, -0.2) is 0 Å². The van der Waals surface area contributed by atoms with Crippen LogP contribution in [0.1, 0.15) is 23.1 Å². The number of benzene rings is 2. The van der Waals surface area contributed by atoms with Gasteiger partial charge in [0.25, 0.3) is 0 Å². The van der Waals surface area contributed by atoms with Gasteiger partial charge in [-0.1, -0.05) is 23.8 Å². The van der Waals surface area contributed by atoms with Crippen LogP contribution in [0, 0.1) is 20.8 Å². The van der Waals surface area contributed by atoms with E-state index in [2.05, 4.69) is 26.0 Å². The minimum atomic E-state index is 0.620. The van der Waals surface area contributed by atoms with Crippen LogP contribution < -0.4 is 15.2 Å². The lowest BCUT2D eigenvalue weighted by atomic mass is 10.1. The predicted octanol–water partition coefficient (Wildman–Crippen LogP) is 4.04. The Morgan fingerprint density at radius 2 is 1.62 bits per heavy atom. The van der Waals surface area contributed by atoms with Crippen LogP contribution in [0.3, 0.4) is 0 Å². The number of aryl methyl sites for hydroxylation is 2. The van der Waals surface area contributed by atoms with Crippen molar-refractivity contribution in [3.63, 3.8) is 0 Å². The summed E-state index contributed by atoms with van der Waals surface area (Å²) in [5.74, 6) is 1.79. The quantitative estimate of drug-likeness (QED) is 0.643. The van der Waals surface area contributed by atoms with Crippen molar-refractivity contribution in [3.05, 3.63) is 53.1 Å². The molecule has 3 nitrogen and oxygen atoms in total. The fraction of sp³-hybridized carbons (Fsp3) is 0.333. The van der Waals surface area contributed by atoms with Gasteiger partial charge in [0.15, 0.2) is 0 Å². The largest absolute Gasteiger partial charge is 0.493 e. The molecule has 0 amide bonds. The lowest BCUT2D eigenvalue weighted by Crippen LogP contribution is -2.06. The van der Waals surface area contributed by atoms with Gasteiger partial charge >= 0.3 is 0 Å². The molecule has 112 valence electrons. The van der Waals surface area contributed by atoms with E-state index in [-0.39, 0.29) is 0 Å². The second kappa shape index (κ2) is 7.02. The minimum absolute atomic E-state index is 0.620. The molecule has 2 rings (SSSR count). The Kier molecular flexibility index (Phi) is 5.09. The molecule has 0 radical (unpaired) electrons. The van der Waals surface area contributed by atoms with E-state index in [4.69, 9.17) is 15.2 Å². The molecule has 0 bridgehead atoms. The summed E-state index contributed by atoms with van der Waals surface area (Å²) in [6.07, 6.45) is 0.835. The molecule has 2 aromatic rings. The first-order chi connectivity index (χ1) is 10.1. The molecule has 0 atom stereocenters. The summed E-state index contributed by atoms with van der Waals surface area (Å²) in [5, 5.41) is 0. The molecule has 0 spiro atoms. The van der Waals surface area contributed by atoms with Crippen LogP contribution in [-0.4, -0.2) is 13.2 Å². The molecule has 0 aromatic heterocycles. The van der Waals surface area contributed by atoms with Crippen molar-refractivity contribution in [3.8, 4) is 11.5 Å². The van der Waals surface area contributed by atoms with E-state index in [0.717, 1.165) is 29.2 Å². The molecule has 0 aliphatic carbocycles. The smallest absolute Gasteiger partial charge is 0.124 e. The average Bonchev–Trinajstić information content (AvgIpc) is 2.45. The molecule has 2 N–H and O–H groups in total. The highest BCUT2D eigenvalue weighted by molar-refractivity contribution is 5.53. The van der Waals surface area contributed by atoms with E-state index in [9.17, 15) is 0 Å². The second-order valence-corrected chi connectivity index (χ2v) is 5.29. The maximum atomic E-state index is 5.85. The van der Waals surface area contributed by atoms with Gasteiger partial charge in [-0.3, -0.25) is 0 Å². The summed E-state index contributed by atoms with van der Waals surface area (Å²) in [6.45, 7) is 7.38. The van der Waals surface area contributed by atoms with E-state index >= 15 is 0 Å². The van der Waals surface area contributed by atoms with Gasteiger partial charge < -0.3 is 15.2 Å². The standard InChI is InChI=1S/C18H23NO2/c1-13-8-9-17(14(2)12-13)20-10-5-11-21-18-7-4-6-16(19)15(18)3/h4,6-9,12H,5,10-11,19H2,1-3H3. The van der Waals surface area contributed by atoms with Crippen LogP contribution in [0.4, 0.5) is 5.69 Å². The van der Waals surface area contributed by atoms with Crippen LogP contribution >= 0.6 is 0 Å². The molecule has 0 saturated carbocycles. The van der Waals surface area contributed by atoms with E-state index in [1.54, 1.807) is 0 Å². The monoisotopic (exact) mass is 285 g/mol. The van der Waals surface area contributed by atoms with Gasteiger partial charge in [0.2, 0.25) is 0 Å².